The molecule has 2 aromatic rings. The molecule has 4 nitrogen and oxygen atoms in total. The second kappa shape index (κ2) is 2.97. The molecule has 0 saturated carbocycles. The van der Waals surface area contributed by atoms with Gasteiger partial charge in [-0.1, -0.05) is 19.1 Å². The van der Waals surface area contributed by atoms with Crippen LogP contribution >= 0.6 is 0 Å². The Balaban J connectivity index is 2.81. The molecule has 66 valence electrons. The lowest BCUT2D eigenvalue weighted by Crippen LogP contribution is -1.93. The van der Waals surface area contributed by atoms with Gasteiger partial charge in [0.2, 0.25) is 0 Å². The zero-order valence-electron chi connectivity index (χ0n) is 7.27. The van der Waals surface area contributed by atoms with Crippen LogP contribution in [0.3, 0.4) is 0 Å². The van der Waals surface area contributed by atoms with Crippen molar-refractivity contribution in [2.45, 2.75) is 13.3 Å². The standard InChI is InChI=1S/C9H9N3O/c1-2-9-10-7-5-3-4-6-8(7)12(9)11-13/h3-6H,2H2,1H3. The summed E-state index contributed by atoms with van der Waals surface area (Å²) in [4.78, 5) is 14.8. The Morgan fingerprint density at radius 3 is 2.92 bits per heavy atom. The average molecular weight is 175 g/mol. The van der Waals surface area contributed by atoms with E-state index in [4.69, 9.17) is 0 Å². The van der Waals surface area contributed by atoms with Crippen molar-refractivity contribution in [2.24, 2.45) is 5.29 Å². The van der Waals surface area contributed by atoms with Crippen LogP contribution in [0.15, 0.2) is 29.6 Å². The lowest BCUT2D eigenvalue weighted by Gasteiger charge is -1.93. The van der Waals surface area contributed by atoms with E-state index < -0.39 is 0 Å². The van der Waals surface area contributed by atoms with Crippen molar-refractivity contribution >= 4 is 11.0 Å². The van der Waals surface area contributed by atoms with Crippen LogP contribution in [0, 0.1) is 4.91 Å². The number of fused-ring (bicyclic) bond motifs is 1. The van der Waals surface area contributed by atoms with Crippen LogP contribution in [0.25, 0.3) is 11.0 Å². The first-order valence-electron chi connectivity index (χ1n) is 4.17. The highest BCUT2D eigenvalue weighted by atomic mass is 16.3. The molecular formula is C9H9N3O. The number of rotatable bonds is 2. The molecule has 13 heavy (non-hydrogen) atoms. The predicted molar refractivity (Wildman–Crippen MR) is 50.3 cm³/mol. The summed E-state index contributed by atoms with van der Waals surface area (Å²) < 4.78 is 1.34. The predicted octanol–water partition coefficient (Wildman–Crippen LogP) is 2.13. The highest BCUT2D eigenvalue weighted by Crippen LogP contribution is 2.15. The van der Waals surface area contributed by atoms with Crippen molar-refractivity contribution in [1.29, 1.82) is 0 Å². The number of nitrogens with zero attached hydrogens (tertiary/aromatic N) is 3. The average Bonchev–Trinajstić information content (AvgIpc) is 2.55. The SMILES string of the molecule is CCc1nc2ccccc2n1N=O. The zero-order valence-corrected chi connectivity index (χ0v) is 7.27. The Morgan fingerprint density at radius 1 is 1.46 bits per heavy atom. The number of hydrogen-bond donors (Lipinski definition) is 0. The molecule has 0 amide bonds. The molecule has 0 bridgehead atoms. The van der Waals surface area contributed by atoms with Crippen LogP contribution in [0.5, 0.6) is 0 Å². The van der Waals surface area contributed by atoms with E-state index in [1.54, 1.807) is 0 Å². The van der Waals surface area contributed by atoms with Crippen LogP contribution in [0.4, 0.5) is 0 Å². The van der Waals surface area contributed by atoms with E-state index in [1.807, 2.05) is 31.2 Å². The first-order valence-corrected chi connectivity index (χ1v) is 4.17. The maximum Gasteiger partial charge on any atom is 0.134 e. The van der Waals surface area contributed by atoms with Gasteiger partial charge in [0, 0.05) is 6.42 Å². The van der Waals surface area contributed by atoms with Crippen LogP contribution in [0.2, 0.25) is 0 Å². The van der Waals surface area contributed by atoms with Crippen molar-refractivity contribution < 1.29 is 0 Å². The van der Waals surface area contributed by atoms with Crippen molar-refractivity contribution in [3.63, 3.8) is 0 Å². The van der Waals surface area contributed by atoms with Gasteiger partial charge in [-0.25, -0.2) is 4.98 Å². The van der Waals surface area contributed by atoms with Gasteiger partial charge in [-0.2, -0.15) is 4.68 Å². The summed E-state index contributed by atoms with van der Waals surface area (Å²) >= 11 is 0. The monoisotopic (exact) mass is 175 g/mol. The molecule has 0 spiro atoms. The number of aryl methyl sites for hydroxylation is 1. The molecule has 0 unspecified atom stereocenters. The third-order valence-corrected chi connectivity index (χ3v) is 2.00. The molecule has 0 N–H and O–H groups in total. The Bertz CT molecular complexity index is 447. The maximum absolute atomic E-state index is 10.5. The largest absolute Gasteiger partial charge is 0.231 e. The Labute approximate surface area is 75.1 Å². The molecule has 0 aliphatic carbocycles. The van der Waals surface area contributed by atoms with E-state index in [0.29, 0.717) is 12.2 Å². The van der Waals surface area contributed by atoms with E-state index in [0.717, 1.165) is 11.0 Å². The topological polar surface area (TPSA) is 47.2 Å². The van der Waals surface area contributed by atoms with Gasteiger partial charge in [-0.05, 0) is 12.1 Å². The van der Waals surface area contributed by atoms with E-state index >= 15 is 0 Å². The van der Waals surface area contributed by atoms with Gasteiger partial charge >= 0.3 is 0 Å². The third kappa shape index (κ3) is 1.11. The van der Waals surface area contributed by atoms with E-state index in [1.165, 1.54) is 4.68 Å². The van der Waals surface area contributed by atoms with Gasteiger partial charge in [0.1, 0.15) is 5.82 Å². The molecule has 2 rings (SSSR count). The van der Waals surface area contributed by atoms with E-state index in [9.17, 15) is 4.91 Å². The smallest absolute Gasteiger partial charge is 0.134 e. The van der Waals surface area contributed by atoms with Crippen molar-refractivity contribution in [3.05, 3.63) is 35.0 Å². The fourth-order valence-electron chi connectivity index (χ4n) is 1.38. The number of benzene rings is 1. The highest BCUT2D eigenvalue weighted by molar-refractivity contribution is 5.75. The minimum absolute atomic E-state index is 0.705. The van der Waals surface area contributed by atoms with Crippen LogP contribution < -0.4 is 0 Å². The van der Waals surface area contributed by atoms with Crippen LogP contribution in [0.1, 0.15) is 12.7 Å². The van der Waals surface area contributed by atoms with Gasteiger partial charge in [0.15, 0.2) is 0 Å². The number of para-hydroxylation sites is 2. The third-order valence-electron chi connectivity index (χ3n) is 2.00. The zero-order chi connectivity index (χ0) is 9.26. The molecule has 4 heteroatoms. The number of hydrogen-bond acceptors (Lipinski definition) is 3. The van der Waals surface area contributed by atoms with Gasteiger partial charge in [0.25, 0.3) is 0 Å². The van der Waals surface area contributed by atoms with E-state index in [2.05, 4.69) is 10.3 Å². The summed E-state index contributed by atoms with van der Waals surface area (Å²) in [6.45, 7) is 1.95. The lowest BCUT2D eigenvalue weighted by molar-refractivity contribution is 0.798. The van der Waals surface area contributed by atoms with Gasteiger partial charge < -0.3 is 0 Å². The first-order chi connectivity index (χ1) is 6.36. The summed E-state index contributed by atoms with van der Waals surface area (Å²) in [6, 6.07) is 7.47. The molecule has 0 aliphatic heterocycles. The Hall–Kier alpha value is -1.71. The molecule has 0 fully saturated rings. The molecule has 0 aliphatic rings. The molecule has 1 heterocycles. The van der Waals surface area contributed by atoms with Gasteiger partial charge in [0.05, 0.1) is 16.3 Å². The maximum atomic E-state index is 10.5. The number of nitroso groups, excluding NO2 is 1. The summed E-state index contributed by atoms with van der Waals surface area (Å²) in [5, 5.41) is 2.93. The Morgan fingerprint density at radius 2 is 2.23 bits per heavy atom. The molecule has 0 saturated heterocycles. The summed E-state index contributed by atoms with van der Waals surface area (Å²) in [5.74, 6) is 0.705. The highest BCUT2D eigenvalue weighted by Gasteiger charge is 2.07. The Kier molecular flexibility index (Phi) is 1.81. The number of imidazole rings is 1. The second-order valence-corrected chi connectivity index (χ2v) is 2.76. The van der Waals surface area contributed by atoms with Gasteiger partial charge in [-0.3, -0.25) is 0 Å². The molecule has 1 aromatic carbocycles. The molecule has 0 radical (unpaired) electrons. The summed E-state index contributed by atoms with van der Waals surface area (Å²) in [7, 11) is 0. The minimum atomic E-state index is 0.705. The van der Waals surface area contributed by atoms with Crippen molar-refractivity contribution in [3.8, 4) is 0 Å². The quantitative estimate of drug-likeness (QED) is 0.656. The normalized spacial score (nSPS) is 10.5. The lowest BCUT2D eigenvalue weighted by atomic mass is 10.3. The second-order valence-electron chi connectivity index (χ2n) is 2.76. The fraction of sp³-hybridized carbons (Fsp3) is 0.222. The molecule has 0 atom stereocenters. The minimum Gasteiger partial charge on any atom is -0.231 e. The van der Waals surface area contributed by atoms with E-state index in [-0.39, 0.29) is 0 Å². The van der Waals surface area contributed by atoms with Crippen LogP contribution in [-0.4, -0.2) is 9.66 Å². The van der Waals surface area contributed by atoms with Crippen LogP contribution in [-0.2, 0) is 6.42 Å². The van der Waals surface area contributed by atoms with Crippen molar-refractivity contribution in [2.75, 3.05) is 0 Å². The molecule has 1 aromatic heterocycles. The summed E-state index contributed by atoms with van der Waals surface area (Å²) in [5.41, 5.74) is 1.59. The first kappa shape index (κ1) is 7.91. The fourth-order valence-corrected chi connectivity index (χ4v) is 1.38. The van der Waals surface area contributed by atoms with Gasteiger partial charge in [-0.15, -0.1) is 4.91 Å². The van der Waals surface area contributed by atoms with Crippen molar-refractivity contribution in [1.82, 2.24) is 9.66 Å². The number of aromatic nitrogens is 2. The molecular weight excluding hydrogens is 166 g/mol. The summed E-state index contributed by atoms with van der Waals surface area (Å²) in [6.07, 6.45) is 0.709.